The predicted molar refractivity (Wildman–Crippen MR) is 130 cm³/mol. The maximum atomic E-state index is 14.0. The van der Waals surface area contributed by atoms with Crippen LogP contribution in [0.5, 0.6) is 5.75 Å². The van der Waals surface area contributed by atoms with Crippen LogP contribution in [-0.2, 0) is 14.3 Å². The zero-order chi connectivity index (χ0) is 25.2. The number of imide groups is 1. The minimum Gasteiger partial charge on any atom is -0.494 e. The van der Waals surface area contributed by atoms with Crippen LogP contribution in [0.25, 0.3) is 0 Å². The molecule has 180 valence electrons. The number of rotatable bonds is 4. The molecule has 3 aromatic carbocycles. The number of Topliss-reactive ketones (excluding diaryl/α,β-unsaturated/α-hetero) is 2. The number of amides is 2. The third-order valence-electron chi connectivity index (χ3n) is 7.42. The molecule has 2 saturated heterocycles. The van der Waals surface area contributed by atoms with Crippen molar-refractivity contribution in [2.24, 2.45) is 11.8 Å². The highest BCUT2D eigenvalue weighted by Gasteiger charge is 2.74. The van der Waals surface area contributed by atoms with E-state index in [-0.39, 0.29) is 11.1 Å². The van der Waals surface area contributed by atoms with Crippen molar-refractivity contribution in [2.45, 2.75) is 25.6 Å². The number of hydrogen-bond donors (Lipinski definition) is 0. The van der Waals surface area contributed by atoms with E-state index in [9.17, 15) is 19.2 Å². The van der Waals surface area contributed by atoms with E-state index in [0.29, 0.717) is 23.6 Å². The summed E-state index contributed by atoms with van der Waals surface area (Å²) in [6.07, 6.45) is -0.928. The first-order valence-electron chi connectivity index (χ1n) is 11.9. The number of ether oxygens (including phenoxy) is 2. The van der Waals surface area contributed by atoms with Crippen LogP contribution in [0.1, 0.15) is 44.9 Å². The van der Waals surface area contributed by atoms with E-state index in [1.165, 1.54) is 0 Å². The topological polar surface area (TPSA) is 90.0 Å². The lowest BCUT2D eigenvalue weighted by molar-refractivity contribution is -0.127. The highest BCUT2D eigenvalue weighted by atomic mass is 16.5. The molecule has 7 nitrogen and oxygen atoms in total. The first-order valence-corrected chi connectivity index (χ1v) is 11.9. The van der Waals surface area contributed by atoms with Gasteiger partial charge in [-0.05, 0) is 49.2 Å². The zero-order valence-corrected chi connectivity index (χ0v) is 19.8. The fourth-order valence-corrected chi connectivity index (χ4v) is 5.82. The van der Waals surface area contributed by atoms with Gasteiger partial charge in [-0.25, -0.2) is 4.90 Å². The highest BCUT2D eigenvalue weighted by Crippen LogP contribution is 2.58. The lowest BCUT2D eigenvalue weighted by Crippen LogP contribution is -2.51. The summed E-state index contributed by atoms with van der Waals surface area (Å²) in [6.45, 7) is 4.21. The Hall–Kier alpha value is -4.10. The summed E-state index contributed by atoms with van der Waals surface area (Å²) in [5, 5.41) is 0. The summed E-state index contributed by atoms with van der Waals surface area (Å²) < 4.78 is 11.8. The van der Waals surface area contributed by atoms with E-state index in [1.807, 2.05) is 38.1 Å². The molecule has 0 aromatic heterocycles. The van der Waals surface area contributed by atoms with Gasteiger partial charge in [0.25, 0.3) is 0 Å². The van der Waals surface area contributed by atoms with E-state index >= 15 is 0 Å². The summed E-state index contributed by atoms with van der Waals surface area (Å²) in [6, 6.07) is 20.4. The summed E-state index contributed by atoms with van der Waals surface area (Å²) in [7, 11) is 0. The second-order valence-electron chi connectivity index (χ2n) is 9.28. The molecule has 2 heterocycles. The van der Waals surface area contributed by atoms with Gasteiger partial charge in [-0.15, -0.1) is 0 Å². The monoisotopic (exact) mass is 481 g/mol. The number of carbonyl (C=O) groups excluding carboxylic acids is 4. The molecule has 3 atom stereocenters. The maximum absolute atomic E-state index is 14.0. The molecular weight excluding hydrogens is 458 g/mol. The van der Waals surface area contributed by atoms with Crippen molar-refractivity contribution in [3.63, 3.8) is 0 Å². The smallest absolute Gasteiger partial charge is 0.241 e. The largest absolute Gasteiger partial charge is 0.494 e. The fourth-order valence-electron chi connectivity index (χ4n) is 5.82. The molecule has 2 amide bonds. The molecule has 3 aromatic rings. The Morgan fingerprint density at radius 2 is 1.44 bits per heavy atom. The van der Waals surface area contributed by atoms with Crippen molar-refractivity contribution in [1.29, 1.82) is 0 Å². The van der Waals surface area contributed by atoms with Crippen LogP contribution in [0, 0.1) is 18.8 Å². The van der Waals surface area contributed by atoms with E-state index in [2.05, 4.69) is 0 Å². The Morgan fingerprint density at radius 3 is 2.06 bits per heavy atom. The Labute approximate surface area is 207 Å². The van der Waals surface area contributed by atoms with Gasteiger partial charge >= 0.3 is 0 Å². The molecule has 0 radical (unpaired) electrons. The van der Waals surface area contributed by atoms with E-state index in [0.717, 1.165) is 10.5 Å². The number of fused-ring (bicyclic) bond motifs is 3. The maximum Gasteiger partial charge on any atom is 0.241 e. The third-order valence-corrected chi connectivity index (χ3v) is 7.42. The summed E-state index contributed by atoms with van der Waals surface area (Å²) in [5.41, 5.74) is 0.229. The van der Waals surface area contributed by atoms with Crippen LogP contribution in [-0.4, -0.2) is 35.6 Å². The van der Waals surface area contributed by atoms with Gasteiger partial charge in [-0.2, -0.15) is 0 Å². The molecule has 2 aliphatic heterocycles. The Bertz CT molecular complexity index is 1410. The van der Waals surface area contributed by atoms with Crippen LogP contribution in [0.15, 0.2) is 72.8 Å². The second-order valence-corrected chi connectivity index (χ2v) is 9.28. The van der Waals surface area contributed by atoms with E-state index < -0.39 is 46.9 Å². The van der Waals surface area contributed by atoms with Gasteiger partial charge in [0.1, 0.15) is 5.75 Å². The highest BCUT2D eigenvalue weighted by molar-refractivity contribution is 6.37. The van der Waals surface area contributed by atoms with E-state index in [4.69, 9.17) is 9.47 Å². The normalized spacial score (nSPS) is 23.9. The third kappa shape index (κ3) is 2.83. The van der Waals surface area contributed by atoms with Crippen molar-refractivity contribution in [3.05, 3.63) is 95.1 Å². The molecule has 0 bridgehead atoms. The molecule has 0 N–H and O–H groups in total. The zero-order valence-electron chi connectivity index (χ0n) is 19.8. The number of carbonyl (C=O) groups is 4. The second kappa shape index (κ2) is 7.96. The van der Waals surface area contributed by atoms with Crippen molar-refractivity contribution < 1.29 is 28.7 Å². The van der Waals surface area contributed by atoms with Crippen LogP contribution in [0.3, 0.4) is 0 Å². The molecule has 1 spiro atoms. The molecule has 0 unspecified atom stereocenters. The van der Waals surface area contributed by atoms with Crippen LogP contribution in [0.2, 0.25) is 0 Å². The van der Waals surface area contributed by atoms with Crippen molar-refractivity contribution in [3.8, 4) is 5.75 Å². The van der Waals surface area contributed by atoms with Gasteiger partial charge in [-0.3, -0.25) is 19.2 Å². The van der Waals surface area contributed by atoms with Gasteiger partial charge < -0.3 is 9.47 Å². The predicted octanol–water partition coefficient (Wildman–Crippen LogP) is 4.09. The van der Waals surface area contributed by atoms with Crippen LogP contribution >= 0.6 is 0 Å². The molecular formula is C29H23NO6. The minimum atomic E-state index is -2.08. The number of ketones is 2. The molecule has 1 aliphatic carbocycles. The Morgan fingerprint density at radius 1 is 0.833 bits per heavy atom. The number of nitrogens with zero attached hydrogens (tertiary/aromatic N) is 1. The average Bonchev–Trinajstić information content (AvgIpc) is 3.45. The standard InChI is InChI=1S/C29H23NO6/c1-3-35-18-14-12-17(13-15-18)30-27(33)22-23(28(30)34)29(36-24(22)19-9-5-4-8-16(19)2)25(31)20-10-6-7-11-21(20)26(29)32/h4-15,22-24H,3H2,1-2H3/t22-,23+,24-/m1/s1. The fraction of sp³-hybridized carbons (Fsp3) is 0.241. The SMILES string of the molecule is CCOc1ccc(N2C(=O)[C@H]3[C@@H](c4ccccc4C)OC4(C(=O)c5ccccc5C4=O)[C@@H]3C2=O)cc1. The number of hydrogen-bond acceptors (Lipinski definition) is 6. The number of anilines is 1. The van der Waals surface area contributed by atoms with Gasteiger partial charge in [0.05, 0.1) is 30.2 Å². The summed E-state index contributed by atoms with van der Waals surface area (Å²) in [5.74, 6) is -3.92. The summed E-state index contributed by atoms with van der Waals surface area (Å²) >= 11 is 0. The first-order chi connectivity index (χ1) is 17.4. The van der Waals surface area contributed by atoms with Crippen molar-refractivity contribution in [2.75, 3.05) is 11.5 Å². The Balaban J connectivity index is 1.51. The van der Waals surface area contributed by atoms with Crippen LogP contribution in [0.4, 0.5) is 5.69 Å². The summed E-state index contributed by atoms with van der Waals surface area (Å²) in [4.78, 5) is 56.6. The van der Waals surface area contributed by atoms with Gasteiger partial charge in [0.15, 0.2) is 0 Å². The van der Waals surface area contributed by atoms with Gasteiger partial charge in [0.2, 0.25) is 29.0 Å². The minimum absolute atomic E-state index is 0.214. The van der Waals surface area contributed by atoms with Crippen molar-refractivity contribution in [1.82, 2.24) is 0 Å². The number of aryl methyl sites for hydroxylation is 1. The lowest BCUT2D eigenvalue weighted by atomic mass is 9.77. The molecule has 6 rings (SSSR count). The average molecular weight is 482 g/mol. The van der Waals surface area contributed by atoms with Crippen LogP contribution < -0.4 is 9.64 Å². The van der Waals surface area contributed by atoms with E-state index in [1.54, 1.807) is 48.5 Å². The van der Waals surface area contributed by atoms with Gasteiger partial charge in [0, 0.05) is 11.1 Å². The number of benzene rings is 3. The molecule has 36 heavy (non-hydrogen) atoms. The molecule has 3 aliphatic rings. The lowest BCUT2D eigenvalue weighted by Gasteiger charge is -2.27. The Kier molecular flexibility index (Phi) is 4.95. The quantitative estimate of drug-likeness (QED) is 0.412. The van der Waals surface area contributed by atoms with Gasteiger partial charge in [-0.1, -0.05) is 48.5 Å². The first kappa shape index (κ1) is 22.4. The molecule has 0 saturated carbocycles. The molecule has 7 heteroatoms. The van der Waals surface area contributed by atoms with Crippen molar-refractivity contribution >= 4 is 29.1 Å². The molecule has 2 fully saturated rings.